The van der Waals surface area contributed by atoms with Crippen LogP contribution in [0.3, 0.4) is 0 Å². The molecule has 1 N–H and O–H groups in total. The van der Waals surface area contributed by atoms with Gasteiger partial charge in [0.1, 0.15) is 6.61 Å². The molecule has 0 bridgehead atoms. The number of hydrogen-bond acceptors (Lipinski definition) is 4. The van der Waals surface area contributed by atoms with E-state index in [0.717, 1.165) is 16.9 Å². The van der Waals surface area contributed by atoms with E-state index in [0.29, 0.717) is 13.2 Å². The summed E-state index contributed by atoms with van der Waals surface area (Å²) >= 11 is 0. The molecule has 1 aliphatic rings. The topological polar surface area (TPSA) is 54.5 Å². The number of aromatic nitrogens is 1. The van der Waals surface area contributed by atoms with Crippen LogP contribution in [0.4, 0.5) is 16.2 Å². The summed E-state index contributed by atoms with van der Waals surface area (Å²) in [6.45, 7) is 3.12. The zero-order valence-electron chi connectivity index (χ0n) is 11.8. The first-order valence-corrected chi connectivity index (χ1v) is 6.95. The second kappa shape index (κ2) is 5.83. The Hall–Kier alpha value is -2.56. The van der Waals surface area contributed by atoms with Gasteiger partial charge in [-0.25, -0.2) is 4.79 Å². The van der Waals surface area contributed by atoms with E-state index in [1.807, 2.05) is 42.6 Å². The van der Waals surface area contributed by atoms with Crippen LogP contribution in [0.1, 0.15) is 18.5 Å². The van der Waals surface area contributed by atoms with E-state index >= 15 is 0 Å². The summed E-state index contributed by atoms with van der Waals surface area (Å²) in [5.74, 6) is 0. The van der Waals surface area contributed by atoms with Crippen LogP contribution in [0.15, 0.2) is 48.8 Å². The standard InChI is InChI=1S/C16H17N3O2/c1-12(13-4-3-7-17-11-13)18-14-5-2-6-15(10-14)19-8-9-21-16(19)20/h2-7,10-12,18H,8-9H2,1H3. The Labute approximate surface area is 123 Å². The minimum absolute atomic E-state index is 0.138. The van der Waals surface area contributed by atoms with Crippen LogP contribution < -0.4 is 10.2 Å². The van der Waals surface area contributed by atoms with E-state index in [4.69, 9.17) is 4.74 Å². The molecule has 2 aromatic rings. The number of nitrogens with one attached hydrogen (secondary N) is 1. The van der Waals surface area contributed by atoms with Crippen LogP contribution >= 0.6 is 0 Å². The van der Waals surface area contributed by atoms with Crippen molar-refractivity contribution in [2.75, 3.05) is 23.4 Å². The van der Waals surface area contributed by atoms with Crippen LogP contribution in [-0.2, 0) is 4.74 Å². The molecule has 5 nitrogen and oxygen atoms in total. The fraction of sp³-hybridized carbons (Fsp3) is 0.250. The summed E-state index contributed by atoms with van der Waals surface area (Å²) in [6.07, 6.45) is 3.32. The molecule has 0 saturated carbocycles. The van der Waals surface area contributed by atoms with Gasteiger partial charge in [0, 0.05) is 23.8 Å². The number of carbonyl (C=O) groups excluding carboxylic acids is 1. The smallest absolute Gasteiger partial charge is 0.414 e. The Morgan fingerprint density at radius 2 is 2.24 bits per heavy atom. The minimum atomic E-state index is -0.285. The third-order valence-electron chi connectivity index (χ3n) is 3.49. The monoisotopic (exact) mass is 283 g/mol. The van der Waals surface area contributed by atoms with Gasteiger partial charge in [0.25, 0.3) is 0 Å². The quantitative estimate of drug-likeness (QED) is 0.936. The molecule has 3 rings (SSSR count). The van der Waals surface area contributed by atoms with Crippen LogP contribution in [0.2, 0.25) is 0 Å². The summed E-state index contributed by atoms with van der Waals surface area (Å²) in [7, 11) is 0. The van der Waals surface area contributed by atoms with Crippen LogP contribution in [0, 0.1) is 0 Å². The molecule has 0 spiro atoms. The van der Waals surface area contributed by atoms with Crippen molar-refractivity contribution in [1.82, 2.24) is 4.98 Å². The van der Waals surface area contributed by atoms with E-state index in [2.05, 4.69) is 17.2 Å². The second-order valence-corrected chi connectivity index (χ2v) is 4.97. The van der Waals surface area contributed by atoms with Crippen LogP contribution in [0.5, 0.6) is 0 Å². The first kappa shape index (κ1) is 13.4. The summed E-state index contributed by atoms with van der Waals surface area (Å²) in [6, 6.07) is 11.9. The summed E-state index contributed by atoms with van der Waals surface area (Å²) < 4.78 is 4.97. The first-order chi connectivity index (χ1) is 10.2. The molecular formula is C16H17N3O2. The molecule has 1 atom stereocenters. The number of nitrogens with zero attached hydrogens (tertiary/aromatic N) is 2. The lowest BCUT2D eigenvalue weighted by Gasteiger charge is -2.18. The third-order valence-corrected chi connectivity index (χ3v) is 3.49. The number of cyclic esters (lactones) is 1. The molecular weight excluding hydrogens is 266 g/mol. The van der Waals surface area contributed by atoms with Crippen molar-refractivity contribution in [3.8, 4) is 0 Å². The third kappa shape index (κ3) is 2.97. The maximum absolute atomic E-state index is 11.6. The molecule has 1 aliphatic heterocycles. The fourth-order valence-electron chi connectivity index (χ4n) is 2.36. The highest BCUT2D eigenvalue weighted by Crippen LogP contribution is 2.25. The molecule has 1 unspecified atom stereocenters. The number of benzene rings is 1. The maximum atomic E-state index is 11.6. The number of amides is 1. The molecule has 1 aromatic carbocycles. The van der Waals surface area contributed by atoms with Crippen molar-refractivity contribution in [2.24, 2.45) is 0 Å². The predicted octanol–water partition coefficient (Wildman–Crippen LogP) is 3.21. The normalized spacial score (nSPS) is 15.7. The number of ether oxygens (including phenoxy) is 1. The number of carbonyl (C=O) groups is 1. The van der Waals surface area contributed by atoms with Gasteiger partial charge in [-0.2, -0.15) is 0 Å². The van der Waals surface area contributed by atoms with E-state index in [9.17, 15) is 4.79 Å². The molecule has 1 aromatic heterocycles. The molecule has 1 amide bonds. The van der Waals surface area contributed by atoms with Gasteiger partial charge in [0.05, 0.1) is 12.6 Å². The first-order valence-electron chi connectivity index (χ1n) is 6.95. The number of hydrogen-bond donors (Lipinski definition) is 1. The second-order valence-electron chi connectivity index (χ2n) is 4.97. The molecule has 0 aliphatic carbocycles. The van der Waals surface area contributed by atoms with Gasteiger partial charge >= 0.3 is 6.09 Å². The molecule has 0 radical (unpaired) electrons. The fourth-order valence-corrected chi connectivity index (χ4v) is 2.36. The van der Waals surface area contributed by atoms with Crippen molar-refractivity contribution in [3.05, 3.63) is 54.4 Å². The van der Waals surface area contributed by atoms with E-state index in [1.54, 1.807) is 11.1 Å². The summed E-state index contributed by atoms with van der Waals surface area (Å²) in [5, 5.41) is 3.42. The average molecular weight is 283 g/mol. The number of rotatable bonds is 4. The van der Waals surface area contributed by atoms with Crippen molar-refractivity contribution >= 4 is 17.5 Å². The zero-order valence-corrected chi connectivity index (χ0v) is 11.8. The van der Waals surface area contributed by atoms with E-state index in [1.165, 1.54) is 0 Å². The highest BCUT2D eigenvalue weighted by Gasteiger charge is 2.23. The van der Waals surface area contributed by atoms with Gasteiger partial charge in [-0.3, -0.25) is 9.88 Å². The lowest BCUT2D eigenvalue weighted by Crippen LogP contribution is -2.23. The Bertz CT molecular complexity index is 630. The lowest BCUT2D eigenvalue weighted by molar-refractivity contribution is 0.181. The zero-order chi connectivity index (χ0) is 14.7. The number of pyridine rings is 1. The van der Waals surface area contributed by atoms with Crippen molar-refractivity contribution < 1.29 is 9.53 Å². The highest BCUT2D eigenvalue weighted by atomic mass is 16.6. The minimum Gasteiger partial charge on any atom is -0.447 e. The van der Waals surface area contributed by atoms with Gasteiger partial charge in [-0.15, -0.1) is 0 Å². The van der Waals surface area contributed by atoms with Gasteiger partial charge < -0.3 is 10.1 Å². The maximum Gasteiger partial charge on any atom is 0.414 e. The van der Waals surface area contributed by atoms with Crippen molar-refractivity contribution in [1.29, 1.82) is 0 Å². The molecule has 2 heterocycles. The molecule has 108 valence electrons. The van der Waals surface area contributed by atoms with Gasteiger partial charge in [0.15, 0.2) is 0 Å². The predicted molar refractivity (Wildman–Crippen MR) is 81.4 cm³/mol. The molecule has 1 fully saturated rings. The van der Waals surface area contributed by atoms with Crippen LogP contribution in [0.25, 0.3) is 0 Å². The molecule has 1 saturated heterocycles. The Balaban J connectivity index is 1.76. The Kier molecular flexibility index (Phi) is 3.73. The van der Waals surface area contributed by atoms with Crippen molar-refractivity contribution in [2.45, 2.75) is 13.0 Å². The molecule has 21 heavy (non-hydrogen) atoms. The molecule has 5 heteroatoms. The van der Waals surface area contributed by atoms with E-state index < -0.39 is 0 Å². The van der Waals surface area contributed by atoms with Gasteiger partial charge in [-0.05, 0) is 36.8 Å². The largest absolute Gasteiger partial charge is 0.447 e. The van der Waals surface area contributed by atoms with Crippen molar-refractivity contribution in [3.63, 3.8) is 0 Å². The summed E-state index contributed by atoms with van der Waals surface area (Å²) in [4.78, 5) is 17.4. The lowest BCUT2D eigenvalue weighted by atomic mass is 10.1. The van der Waals surface area contributed by atoms with Crippen LogP contribution in [-0.4, -0.2) is 24.2 Å². The Morgan fingerprint density at radius 3 is 2.95 bits per heavy atom. The van der Waals surface area contributed by atoms with Gasteiger partial charge in [-0.1, -0.05) is 12.1 Å². The summed E-state index contributed by atoms with van der Waals surface area (Å²) in [5.41, 5.74) is 2.92. The average Bonchev–Trinajstić information content (AvgIpc) is 2.94. The SMILES string of the molecule is CC(Nc1cccc(N2CCOC2=O)c1)c1cccnc1. The van der Waals surface area contributed by atoms with E-state index in [-0.39, 0.29) is 12.1 Å². The highest BCUT2D eigenvalue weighted by molar-refractivity contribution is 5.89. The van der Waals surface area contributed by atoms with Gasteiger partial charge in [0.2, 0.25) is 0 Å². The Morgan fingerprint density at radius 1 is 1.33 bits per heavy atom. The number of anilines is 2.